The SMILES string of the molecule is CCCC/C=C\CCCCCCCC(=O)OCCCCC/C=C\CCCCCCCC(=O)NC(CO)C(O)/C=C/CCCCCCCCCCCCCCCC. The lowest BCUT2D eigenvalue weighted by molar-refractivity contribution is -0.143. The summed E-state index contributed by atoms with van der Waals surface area (Å²) in [5, 5.41) is 23.0. The van der Waals surface area contributed by atoms with Gasteiger partial charge in [0.15, 0.2) is 0 Å². The third kappa shape index (κ3) is 41.7. The fraction of sp³-hybridized carbons (Fsp3) is 0.840. The number of rotatable bonds is 44. The van der Waals surface area contributed by atoms with Crippen molar-refractivity contribution in [2.24, 2.45) is 0 Å². The number of carbonyl (C=O) groups is 2. The van der Waals surface area contributed by atoms with Crippen LogP contribution in [-0.2, 0) is 14.3 Å². The van der Waals surface area contributed by atoms with Crippen LogP contribution in [-0.4, -0.2) is 47.4 Å². The fourth-order valence-corrected chi connectivity index (χ4v) is 7.08. The molecule has 6 nitrogen and oxygen atoms in total. The molecule has 0 rings (SSSR count). The summed E-state index contributed by atoms with van der Waals surface area (Å²) in [6.07, 6.45) is 54.2. The fourth-order valence-electron chi connectivity index (χ4n) is 7.08. The molecule has 328 valence electrons. The Morgan fingerprint density at radius 1 is 0.482 bits per heavy atom. The number of carbonyl (C=O) groups excluding carboxylic acids is 2. The molecular formula is C50H93NO5. The number of aliphatic hydroxyl groups excluding tert-OH is 2. The van der Waals surface area contributed by atoms with Crippen LogP contribution < -0.4 is 5.32 Å². The Labute approximate surface area is 347 Å². The molecule has 0 aromatic heterocycles. The number of amides is 1. The Kier molecular flexibility index (Phi) is 44.2. The Bertz CT molecular complexity index is 915. The summed E-state index contributed by atoms with van der Waals surface area (Å²) in [4.78, 5) is 24.4. The van der Waals surface area contributed by atoms with Crippen LogP contribution in [0.15, 0.2) is 36.5 Å². The van der Waals surface area contributed by atoms with E-state index in [-0.39, 0.29) is 18.5 Å². The zero-order valence-electron chi connectivity index (χ0n) is 37.1. The summed E-state index contributed by atoms with van der Waals surface area (Å²) in [6, 6.07) is -0.646. The topological polar surface area (TPSA) is 95.9 Å². The molecule has 56 heavy (non-hydrogen) atoms. The molecule has 1 amide bonds. The summed E-state index contributed by atoms with van der Waals surface area (Å²) in [5.41, 5.74) is 0. The van der Waals surface area contributed by atoms with E-state index < -0.39 is 12.1 Å². The lowest BCUT2D eigenvalue weighted by Crippen LogP contribution is -2.45. The lowest BCUT2D eigenvalue weighted by atomic mass is 10.0. The third-order valence-electron chi connectivity index (χ3n) is 10.9. The van der Waals surface area contributed by atoms with Crippen molar-refractivity contribution in [2.75, 3.05) is 13.2 Å². The normalized spacial score (nSPS) is 13.0. The molecule has 0 aromatic rings. The number of aliphatic hydroxyl groups is 2. The maximum atomic E-state index is 12.4. The van der Waals surface area contributed by atoms with Crippen LogP contribution in [0.4, 0.5) is 0 Å². The first-order valence-electron chi connectivity index (χ1n) is 24.3. The first-order valence-corrected chi connectivity index (χ1v) is 24.3. The van der Waals surface area contributed by atoms with Crippen molar-refractivity contribution in [3.63, 3.8) is 0 Å². The van der Waals surface area contributed by atoms with E-state index in [1.807, 2.05) is 6.08 Å². The standard InChI is InChI=1S/C50H93NO5/c1-3-5-7-9-11-13-15-16-17-18-19-23-26-30-34-38-42-48(53)47(46-52)51-49(54)43-39-35-31-27-24-20-21-25-29-33-37-41-45-56-50(55)44-40-36-32-28-22-14-12-10-8-6-4-2/h10,12,21,25,38,42,47-48,52-53H,3-9,11,13-20,22-24,26-37,39-41,43-46H2,1-2H3,(H,51,54)/b12-10-,25-21-,42-38+. The van der Waals surface area contributed by atoms with Gasteiger partial charge in [-0.1, -0.05) is 185 Å². The van der Waals surface area contributed by atoms with Crippen molar-refractivity contribution in [1.82, 2.24) is 5.32 Å². The van der Waals surface area contributed by atoms with E-state index in [0.29, 0.717) is 19.4 Å². The minimum Gasteiger partial charge on any atom is -0.466 e. The average molecular weight is 788 g/mol. The van der Waals surface area contributed by atoms with Gasteiger partial charge in [-0.05, 0) is 83.5 Å². The van der Waals surface area contributed by atoms with Crippen LogP contribution in [0.25, 0.3) is 0 Å². The molecule has 0 aliphatic carbocycles. The summed E-state index contributed by atoms with van der Waals surface area (Å²) in [7, 11) is 0. The van der Waals surface area contributed by atoms with E-state index in [1.54, 1.807) is 6.08 Å². The number of ether oxygens (including phenoxy) is 1. The van der Waals surface area contributed by atoms with Crippen LogP contribution in [0.5, 0.6) is 0 Å². The number of nitrogens with one attached hydrogen (secondary N) is 1. The van der Waals surface area contributed by atoms with E-state index >= 15 is 0 Å². The van der Waals surface area contributed by atoms with Gasteiger partial charge >= 0.3 is 5.97 Å². The third-order valence-corrected chi connectivity index (χ3v) is 10.9. The van der Waals surface area contributed by atoms with E-state index in [2.05, 4.69) is 43.5 Å². The van der Waals surface area contributed by atoms with Gasteiger partial charge in [0, 0.05) is 12.8 Å². The number of allylic oxidation sites excluding steroid dienone is 5. The highest BCUT2D eigenvalue weighted by Gasteiger charge is 2.18. The number of hydrogen-bond donors (Lipinski definition) is 3. The highest BCUT2D eigenvalue weighted by molar-refractivity contribution is 5.76. The molecule has 0 aliphatic rings. The number of esters is 1. The summed E-state index contributed by atoms with van der Waals surface area (Å²) >= 11 is 0. The van der Waals surface area contributed by atoms with Crippen LogP contribution in [0.2, 0.25) is 0 Å². The second-order valence-corrected chi connectivity index (χ2v) is 16.4. The zero-order chi connectivity index (χ0) is 40.8. The minimum absolute atomic E-state index is 0.0362. The molecule has 0 radical (unpaired) electrons. The maximum Gasteiger partial charge on any atom is 0.305 e. The predicted molar refractivity (Wildman–Crippen MR) is 241 cm³/mol. The zero-order valence-corrected chi connectivity index (χ0v) is 37.1. The lowest BCUT2D eigenvalue weighted by Gasteiger charge is -2.20. The molecule has 0 spiro atoms. The van der Waals surface area contributed by atoms with Crippen molar-refractivity contribution in [1.29, 1.82) is 0 Å². The molecular weight excluding hydrogens is 695 g/mol. The summed E-state index contributed by atoms with van der Waals surface area (Å²) in [6.45, 7) is 4.79. The van der Waals surface area contributed by atoms with Crippen molar-refractivity contribution in [2.45, 2.75) is 257 Å². The van der Waals surface area contributed by atoms with Crippen molar-refractivity contribution < 1.29 is 24.5 Å². The predicted octanol–water partition coefficient (Wildman–Crippen LogP) is 14.1. The monoisotopic (exact) mass is 788 g/mol. The van der Waals surface area contributed by atoms with E-state index in [0.717, 1.165) is 83.5 Å². The molecule has 0 bridgehead atoms. The molecule has 0 aromatic carbocycles. The summed E-state index contributed by atoms with van der Waals surface area (Å²) in [5.74, 6) is -0.131. The van der Waals surface area contributed by atoms with Gasteiger partial charge in [-0.3, -0.25) is 9.59 Å². The smallest absolute Gasteiger partial charge is 0.305 e. The van der Waals surface area contributed by atoms with Crippen LogP contribution >= 0.6 is 0 Å². The Morgan fingerprint density at radius 3 is 1.32 bits per heavy atom. The molecule has 3 N–H and O–H groups in total. The van der Waals surface area contributed by atoms with Gasteiger partial charge in [0.25, 0.3) is 0 Å². The van der Waals surface area contributed by atoms with Gasteiger partial charge < -0.3 is 20.3 Å². The van der Waals surface area contributed by atoms with Gasteiger partial charge in [-0.25, -0.2) is 0 Å². The maximum absolute atomic E-state index is 12.4. The first-order chi connectivity index (χ1) is 27.5. The molecule has 6 heteroatoms. The van der Waals surface area contributed by atoms with Crippen LogP contribution in [0.1, 0.15) is 245 Å². The van der Waals surface area contributed by atoms with Crippen molar-refractivity contribution >= 4 is 11.9 Å². The van der Waals surface area contributed by atoms with E-state index in [4.69, 9.17) is 4.74 Å². The van der Waals surface area contributed by atoms with Gasteiger partial charge in [0.2, 0.25) is 5.91 Å². The molecule has 0 aliphatic heterocycles. The molecule has 0 saturated carbocycles. The van der Waals surface area contributed by atoms with E-state index in [9.17, 15) is 19.8 Å². The van der Waals surface area contributed by atoms with Crippen LogP contribution in [0, 0.1) is 0 Å². The quantitative estimate of drug-likeness (QED) is 0.0325. The molecule has 0 fully saturated rings. The highest BCUT2D eigenvalue weighted by Crippen LogP contribution is 2.15. The minimum atomic E-state index is -0.860. The van der Waals surface area contributed by atoms with Gasteiger partial charge in [-0.2, -0.15) is 0 Å². The Balaban J connectivity index is 3.58. The second kappa shape index (κ2) is 45.8. The van der Waals surface area contributed by atoms with Crippen molar-refractivity contribution in [3.05, 3.63) is 36.5 Å². The number of hydrogen-bond acceptors (Lipinski definition) is 5. The average Bonchev–Trinajstić information content (AvgIpc) is 3.20. The Morgan fingerprint density at radius 2 is 0.857 bits per heavy atom. The largest absolute Gasteiger partial charge is 0.466 e. The van der Waals surface area contributed by atoms with Crippen molar-refractivity contribution in [3.8, 4) is 0 Å². The first kappa shape index (κ1) is 54.1. The highest BCUT2D eigenvalue weighted by atomic mass is 16.5. The molecule has 0 saturated heterocycles. The molecule has 0 heterocycles. The second-order valence-electron chi connectivity index (χ2n) is 16.4. The van der Waals surface area contributed by atoms with Crippen LogP contribution in [0.3, 0.4) is 0 Å². The molecule has 2 unspecified atom stereocenters. The summed E-state index contributed by atoms with van der Waals surface area (Å²) < 4.78 is 5.41. The van der Waals surface area contributed by atoms with Gasteiger partial charge in [0.1, 0.15) is 0 Å². The van der Waals surface area contributed by atoms with Gasteiger partial charge in [0.05, 0.1) is 25.4 Å². The van der Waals surface area contributed by atoms with Gasteiger partial charge in [-0.15, -0.1) is 0 Å². The van der Waals surface area contributed by atoms with E-state index in [1.165, 1.54) is 135 Å². The number of unbranched alkanes of at least 4 members (excludes halogenated alkanes) is 29. The Hall–Kier alpha value is -1.92. The molecule has 2 atom stereocenters.